The average Bonchev–Trinajstić information content (AvgIpc) is 2.81. The van der Waals surface area contributed by atoms with Crippen LogP contribution >= 0.6 is 34.8 Å². The zero-order chi connectivity index (χ0) is 26.5. The fraction of sp³-hybridized carbons (Fsp3) is 0.280. The number of anilines is 1. The summed E-state index contributed by atoms with van der Waals surface area (Å²) in [6, 6.07) is 10.0. The van der Waals surface area contributed by atoms with Crippen LogP contribution in [0.3, 0.4) is 0 Å². The second-order valence-electron chi connectivity index (χ2n) is 8.76. The molecular formula is C25H25Cl3N4O4. The van der Waals surface area contributed by atoms with Gasteiger partial charge in [0.05, 0.1) is 28.9 Å². The molecule has 0 saturated carbocycles. The molecule has 2 aromatic heterocycles. The molecular weight excluding hydrogens is 527 g/mol. The molecule has 0 aliphatic carbocycles. The number of benzene rings is 1. The molecule has 11 heteroatoms. The van der Waals surface area contributed by atoms with E-state index in [4.69, 9.17) is 39.5 Å². The van der Waals surface area contributed by atoms with Gasteiger partial charge in [0.25, 0.3) is 5.91 Å². The maximum absolute atomic E-state index is 12.8. The Morgan fingerprint density at radius 1 is 1.03 bits per heavy atom. The third-order valence-corrected chi connectivity index (χ3v) is 6.01. The number of aliphatic hydroxyl groups is 1. The lowest BCUT2D eigenvalue weighted by Crippen LogP contribution is -2.38. The van der Waals surface area contributed by atoms with Gasteiger partial charge in [0.2, 0.25) is 0 Å². The minimum Gasteiger partial charge on any atom is -0.444 e. The van der Waals surface area contributed by atoms with Crippen LogP contribution in [-0.4, -0.2) is 50.7 Å². The van der Waals surface area contributed by atoms with E-state index in [9.17, 15) is 14.7 Å². The molecule has 0 atom stereocenters. The van der Waals surface area contributed by atoms with E-state index in [2.05, 4.69) is 15.3 Å². The molecule has 190 valence electrons. The topological polar surface area (TPSA) is 105 Å². The molecule has 0 spiro atoms. The highest BCUT2D eigenvalue weighted by Gasteiger charge is 2.22. The minimum atomic E-state index is -0.668. The lowest BCUT2D eigenvalue weighted by Gasteiger charge is -2.27. The number of aromatic nitrogens is 2. The van der Waals surface area contributed by atoms with Crippen molar-refractivity contribution in [2.45, 2.75) is 32.9 Å². The molecule has 0 saturated heterocycles. The number of hydrogen-bond donors (Lipinski definition) is 2. The molecule has 0 bridgehead atoms. The van der Waals surface area contributed by atoms with Crippen molar-refractivity contribution in [1.29, 1.82) is 0 Å². The first kappa shape index (κ1) is 27.7. The largest absolute Gasteiger partial charge is 0.444 e. The average molecular weight is 552 g/mol. The standard InChI is InChI=1S/C25H25Cl3N4O4/c1-25(2,3)36-24(35)32(11-12-33)14-15-7-8-19(30-13-15)23(34)31-18-6-4-5-16(20(18)26)17-9-10-29-22(28)21(17)27/h4-10,13,33H,11-12,14H2,1-3H3,(H,31,34). The first-order chi connectivity index (χ1) is 17.0. The fourth-order valence-electron chi connectivity index (χ4n) is 3.20. The Balaban J connectivity index is 1.74. The predicted molar refractivity (Wildman–Crippen MR) is 141 cm³/mol. The molecule has 36 heavy (non-hydrogen) atoms. The number of rotatable bonds is 7. The van der Waals surface area contributed by atoms with E-state index in [1.54, 1.807) is 51.1 Å². The molecule has 0 radical (unpaired) electrons. The van der Waals surface area contributed by atoms with Gasteiger partial charge in [-0.1, -0.05) is 53.0 Å². The van der Waals surface area contributed by atoms with E-state index in [-0.39, 0.29) is 40.6 Å². The summed E-state index contributed by atoms with van der Waals surface area (Å²) in [6.45, 7) is 5.33. The summed E-state index contributed by atoms with van der Waals surface area (Å²) >= 11 is 18.9. The van der Waals surface area contributed by atoms with Crippen LogP contribution in [-0.2, 0) is 11.3 Å². The van der Waals surface area contributed by atoms with E-state index in [0.717, 1.165) is 0 Å². The molecule has 0 aliphatic rings. The zero-order valence-electron chi connectivity index (χ0n) is 19.9. The molecule has 8 nitrogen and oxygen atoms in total. The lowest BCUT2D eigenvalue weighted by molar-refractivity contribution is 0.0201. The molecule has 0 fully saturated rings. The van der Waals surface area contributed by atoms with Gasteiger partial charge in [0.15, 0.2) is 0 Å². The Kier molecular flexibility index (Phi) is 9.13. The van der Waals surface area contributed by atoms with Crippen molar-refractivity contribution in [1.82, 2.24) is 14.9 Å². The Morgan fingerprint density at radius 2 is 1.75 bits per heavy atom. The summed E-state index contributed by atoms with van der Waals surface area (Å²) in [5.41, 5.74) is 1.67. The zero-order valence-corrected chi connectivity index (χ0v) is 22.2. The summed E-state index contributed by atoms with van der Waals surface area (Å²) in [4.78, 5) is 34.8. The smallest absolute Gasteiger partial charge is 0.410 e. The van der Waals surface area contributed by atoms with Crippen LogP contribution in [0.2, 0.25) is 15.2 Å². The van der Waals surface area contributed by atoms with E-state index in [1.807, 2.05) is 0 Å². The van der Waals surface area contributed by atoms with Crippen LogP contribution in [0.25, 0.3) is 11.1 Å². The molecule has 1 aromatic carbocycles. The summed E-state index contributed by atoms with van der Waals surface area (Å²) < 4.78 is 5.38. The molecule has 0 unspecified atom stereocenters. The van der Waals surface area contributed by atoms with Gasteiger partial charge >= 0.3 is 6.09 Å². The number of halogens is 3. The molecule has 0 aliphatic heterocycles. The van der Waals surface area contributed by atoms with E-state index in [1.165, 1.54) is 23.4 Å². The van der Waals surface area contributed by atoms with Gasteiger partial charge in [-0.25, -0.2) is 9.78 Å². The van der Waals surface area contributed by atoms with Gasteiger partial charge in [-0.2, -0.15) is 0 Å². The highest BCUT2D eigenvalue weighted by Crippen LogP contribution is 2.39. The number of amides is 2. The van der Waals surface area contributed by atoms with E-state index in [0.29, 0.717) is 22.4 Å². The van der Waals surface area contributed by atoms with Crippen molar-refractivity contribution in [2.75, 3.05) is 18.5 Å². The maximum Gasteiger partial charge on any atom is 0.410 e. The lowest BCUT2D eigenvalue weighted by atomic mass is 10.1. The second-order valence-corrected chi connectivity index (χ2v) is 9.88. The first-order valence-electron chi connectivity index (χ1n) is 10.9. The van der Waals surface area contributed by atoms with Crippen LogP contribution in [0.5, 0.6) is 0 Å². The number of nitrogens with zero attached hydrogens (tertiary/aromatic N) is 3. The van der Waals surface area contributed by atoms with Crippen molar-refractivity contribution in [2.24, 2.45) is 0 Å². The first-order valence-corrected chi connectivity index (χ1v) is 12.1. The Labute approximate surface area is 224 Å². The van der Waals surface area contributed by atoms with Gasteiger partial charge in [-0.15, -0.1) is 0 Å². The summed E-state index contributed by atoms with van der Waals surface area (Å²) in [5, 5.41) is 12.7. The Bertz CT molecular complexity index is 1250. The minimum absolute atomic E-state index is 0.0959. The van der Waals surface area contributed by atoms with Gasteiger partial charge in [-0.3, -0.25) is 9.78 Å². The van der Waals surface area contributed by atoms with Gasteiger partial charge in [-0.05, 0) is 44.5 Å². The highest BCUT2D eigenvalue weighted by atomic mass is 35.5. The van der Waals surface area contributed by atoms with Crippen LogP contribution in [0.15, 0.2) is 48.8 Å². The van der Waals surface area contributed by atoms with Crippen molar-refractivity contribution in [3.8, 4) is 11.1 Å². The number of ether oxygens (including phenoxy) is 1. The number of carbonyl (C=O) groups is 2. The number of hydrogen-bond acceptors (Lipinski definition) is 6. The molecule has 2 heterocycles. The normalized spacial score (nSPS) is 11.2. The van der Waals surface area contributed by atoms with Crippen LogP contribution in [0.1, 0.15) is 36.8 Å². The Morgan fingerprint density at radius 3 is 2.39 bits per heavy atom. The number of aliphatic hydroxyl groups excluding tert-OH is 1. The second kappa shape index (κ2) is 11.9. The van der Waals surface area contributed by atoms with E-state index < -0.39 is 17.6 Å². The van der Waals surface area contributed by atoms with Gasteiger partial charge in [0.1, 0.15) is 16.4 Å². The molecule has 3 aromatic rings. The fourth-order valence-corrected chi connectivity index (χ4v) is 3.85. The highest BCUT2D eigenvalue weighted by molar-refractivity contribution is 6.44. The number of pyridine rings is 2. The summed E-state index contributed by atoms with van der Waals surface area (Å²) in [5.74, 6) is -0.473. The number of nitrogens with one attached hydrogen (secondary N) is 1. The van der Waals surface area contributed by atoms with Crippen molar-refractivity contribution < 1.29 is 19.4 Å². The third-order valence-electron chi connectivity index (χ3n) is 4.84. The molecule has 2 N–H and O–H groups in total. The summed E-state index contributed by atoms with van der Waals surface area (Å²) in [7, 11) is 0. The van der Waals surface area contributed by atoms with Crippen LogP contribution < -0.4 is 5.32 Å². The monoisotopic (exact) mass is 550 g/mol. The van der Waals surface area contributed by atoms with Crippen LogP contribution in [0.4, 0.5) is 10.5 Å². The Hall–Kier alpha value is -2.91. The van der Waals surface area contributed by atoms with E-state index >= 15 is 0 Å². The molecule has 3 rings (SSSR count). The van der Waals surface area contributed by atoms with Gasteiger partial charge < -0.3 is 20.1 Å². The number of carbonyl (C=O) groups excluding carboxylic acids is 2. The third kappa shape index (κ3) is 7.07. The molecule has 2 amide bonds. The SMILES string of the molecule is CC(C)(C)OC(=O)N(CCO)Cc1ccc(C(=O)Nc2cccc(-c3ccnc(Cl)c3Cl)c2Cl)nc1. The quantitative estimate of drug-likeness (QED) is 0.345. The van der Waals surface area contributed by atoms with Crippen molar-refractivity contribution >= 4 is 52.5 Å². The van der Waals surface area contributed by atoms with Gasteiger partial charge in [0, 0.05) is 30.1 Å². The maximum atomic E-state index is 12.8. The predicted octanol–water partition coefficient (Wildman–Crippen LogP) is 6.09. The van der Waals surface area contributed by atoms with Crippen molar-refractivity contribution in [3.63, 3.8) is 0 Å². The van der Waals surface area contributed by atoms with Crippen molar-refractivity contribution in [3.05, 3.63) is 75.2 Å². The van der Waals surface area contributed by atoms with Crippen LogP contribution in [0, 0.1) is 0 Å². The summed E-state index contributed by atoms with van der Waals surface area (Å²) in [6.07, 6.45) is 2.45.